The Morgan fingerprint density at radius 2 is 2.13 bits per heavy atom. The van der Waals surface area contributed by atoms with Gasteiger partial charge in [0, 0.05) is 0 Å². The average molecular weight is 225 g/mol. The third-order valence-electron chi connectivity index (χ3n) is 2.02. The zero-order valence-electron chi connectivity index (χ0n) is 8.47. The van der Waals surface area contributed by atoms with E-state index in [-0.39, 0.29) is 4.90 Å². The Kier molecular flexibility index (Phi) is 3.32. The van der Waals surface area contributed by atoms with Gasteiger partial charge >= 0.3 is 0 Å². The second-order valence-electron chi connectivity index (χ2n) is 3.00. The minimum Gasteiger partial charge on any atom is -0.497 e. The summed E-state index contributed by atoms with van der Waals surface area (Å²) in [7, 11) is -2.10. The van der Waals surface area contributed by atoms with Crippen LogP contribution in [-0.2, 0) is 9.84 Å². The summed E-state index contributed by atoms with van der Waals surface area (Å²) in [6, 6.07) is 7.80. The lowest BCUT2D eigenvalue weighted by molar-refractivity contribution is 0.413. The Morgan fingerprint density at radius 1 is 1.47 bits per heavy atom. The minimum atomic E-state index is -3.56. The number of nitrogens with zero attached hydrogens (tertiary/aromatic N) is 1. The summed E-state index contributed by atoms with van der Waals surface area (Å²) in [6.45, 7) is 1.36. The van der Waals surface area contributed by atoms with E-state index in [1.807, 2.05) is 0 Å². The van der Waals surface area contributed by atoms with Crippen LogP contribution in [0.25, 0.3) is 0 Å². The number of hydrogen-bond acceptors (Lipinski definition) is 4. The molecule has 1 rings (SSSR count). The highest BCUT2D eigenvalue weighted by atomic mass is 32.2. The van der Waals surface area contributed by atoms with E-state index in [0.29, 0.717) is 5.75 Å². The van der Waals surface area contributed by atoms with E-state index >= 15 is 0 Å². The molecule has 0 fully saturated rings. The first-order chi connectivity index (χ1) is 7.02. The minimum absolute atomic E-state index is 0.107. The maximum atomic E-state index is 11.8. The lowest BCUT2D eigenvalue weighted by Gasteiger charge is -2.07. The molecule has 0 N–H and O–H groups in total. The van der Waals surface area contributed by atoms with Gasteiger partial charge in [-0.25, -0.2) is 8.42 Å². The predicted molar refractivity (Wildman–Crippen MR) is 55.3 cm³/mol. The van der Waals surface area contributed by atoms with Gasteiger partial charge in [0.15, 0.2) is 9.84 Å². The van der Waals surface area contributed by atoms with Crippen LogP contribution in [0, 0.1) is 11.3 Å². The average Bonchev–Trinajstić information content (AvgIpc) is 2.27. The molecule has 0 aliphatic carbocycles. The van der Waals surface area contributed by atoms with Crippen molar-refractivity contribution in [3.63, 3.8) is 0 Å². The predicted octanol–water partition coefficient (Wildman–Crippen LogP) is 1.38. The normalized spacial score (nSPS) is 12.9. The van der Waals surface area contributed by atoms with Crippen molar-refractivity contribution >= 4 is 9.84 Å². The molecule has 1 atom stereocenters. The Labute approximate surface area is 89.0 Å². The molecule has 0 saturated carbocycles. The van der Waals surface area contributed by atoms with Crippen LogP contribution in [0.5, 0.6) is 5.75 Å². The quantitative estimate of drug-likeness (QED) is 0.779. The fourth-order valence-corrected chi connectivity index (χ4v) is 2.15. The van der Waals surface area contributed by atoms with E-state index in [4.69, 9.17) is 10.00 Å². The van der Waals surface area contributed by atoms with Crippen molar-refractivity contribution in [2.45, 2.75) is 17.1 Å². The van der Waals surface area contributed by atoms with Crippen LogP contribution < -0.4 is 4.74 Å². The number of benzene rings is 1. The molecule has 15 heavy (non-hydrogen) atoms. The summed E-state index contributed by atoms with van der Waals surface area (Å²) < 4.78 is 28.4. The van der Waals surface area contributed by atoms with Gasteiger partial charge in [0.25, 0.3) is 0 Å². The van der Waals surface area contributed by atoms with E-state index in [1.165, 1.54) is 26.2 Å². The van der Waals surface area contributed by atoms with Crippen molar-refractivity contribution < 1.29 is 13.2 Å². The number of sulfone groups is 1. The van der Waals surface area contributed by atoms with Crippen molar-refractivity contribution in [2.75, 3.05) is 7.11 Å². The molecular formula is C10H11NO3S. The molecule has 0 spiro atoms. The molecule has 0 aliphatic heterocycles. The molecule has 0 amide bonds. The van der Waals surface area contributed by atoms with Crippen LogP contribution in [0.3, 0.4) is 0 Å². The summed E-state index contributed by atoms with van der Waals surface area (Å²) in [6.07, 6.45) is 0. The van der Waals surface area contributed by atoms with Crippen LogP contribution >= 0.6 is 0 Å². The SMILES string of the molecule is COc1cccc(S(=O)(=O)C(C)C#N)c1. The molecule has 0 aromatic heterocycles. The molecular weight excluding hydrogens is 214 g/mol. The molecule has 0 radical (unpaired) electrons. The van der Waals surface area contributed by atoms with E-state index in [9.17, 15) is 8.42 Å². The molecule has 1 unspecified atom stereocenters. The fourth-order valence-electron chi connectivity index (χ4n) is 1.05. The number of methoxy groups -OCH3 is 1. The highest BCUT2D eigenvalue weighted by molar-refractivity contribution is 7.92. The molecule has 0 saturated heterocycles. The summed E-state index contributed by atoms with van der Waals surface area (Å²) in [4.78, 5) is 0.107. The Bertz CT molecular complexity index is 488. The highest BCUT2D eigenvalue weighted by Gasteiger charge is 2.23. The number of nitriles is 1. The lowest BCUT2D eigenvalue weighted by atomic mass is 10.3. The zero-order valence-corrected chi connectivity index (χ0v) is 9.28. The van der Waals surface area contributed by atoms with Gasteiger partial charge < -0.3 is 4.74 Å². The largest absolute Gasteiger partial charge is 0.497 e. The number of ether oxygens (including phenoxy) is 1. The van der Waals surface area contributed by atoms with Gasteiger partial charge in [0.1, 0.15) is 11.0 Å². The van der Waals surface area contributed by atoms with Gasteiger partial charge in [-0.1, -0.05) is 6.07 Å². The Balaban J connectivity index is 3.23. The first-order valence-corrected chi connectivity index (χ1v) is 5.84. The van der Waals surface area contributed by atoms with Gasteiger partial charge in [-0.3, -0.25) is 0 Å². The zero-order chi connectivity index (χ0) is 11.5. The number of rotatable bonds is 3. The van der Waals surface area contributed by atoms with Gasteiger partial charge in [0.2, 0.25) is 0 Å². The summed E-state index contributed by atoms with van der Waals surface area (Å²) >= 11 is 0. The van der Waals surface area contributed by atoms with Crippen molar-refractivity contribution in [3.05, 3.63) is 24.3 Å². The van der Waals surface area contributed by atoms with E-state index in [2.05, 4.69) is 0 Å². The van der Waals surface area contributed by atoms with Gasteiger partial charge in [0.05, 0.1) is 18.1 Å². The molecule has 1 aromatic rings. The first-order valence-electron chi connectivity index (χ1n) is 4.30. The first kappa shape index (κ1) is 11.5. The molecule has 4 nitrogen and oxygen atoms in total. The Hall–Kier alpha value is -1.54. The molecule has 80 valence electrons. The maximum Gasteiger partial charge on any atom is 0.194 e. The van der Waals surface area contributed by atoms with Crippen molar-refractivity contribution in [2.24, 2.45) is 0 Å². The van der Waals surface area contributed by atoms with Gasteiger partial charge in [-0.05, 0) is 25.1 Å². The monoisotopic (exact) mass is 225 g/mol. The summed E-state index contributed by atoms with van der Waals surface area (Å²) in [5.41, 5.74) is 0. The van der Waals surface area contributed by atoms with Crippen molar-refractivity contribution in [1.29, 1.82) is 5.26 Å². The second kappa shape index (κ2) is 4.32. The van der Waals surface area contributed by atoms with Gasteiger partial charge in [-0.2, -0.15) is 5.26 Å². The third kappa shape index (κ3) is 2.28. The molecule has 0 aliphatic rings. The standard InChI is InChI=1S/C10H11NO3S/c1-8(7-11)15(12,13)10-5-3-4-9(6-10)14-2/h3-6,8H,1-2H3. The molecule has 1 aromatic carbocycles. The lowest BCUT2D eigenvalue weighted by Crippen LogP contribution is -2.15. The maximum absolute atomic E-state index is 11.8. The third-order valence-corrected chi connectivity index (χ3v) is 3.96. The Morgan fingerprint density at radius 3 is 2.67 bits per heavy atom. The molecule has 0 bridgehead atoms. The topological polar surface area (TPSA) is 67.2 Å². The second-order valence-corrected chi connectivity index (χ2v) is 5.26. The summed E-state index contributed by atoms with van der Waals surface area (Å²) in [5.74, 6) is 0.459. The van der Waals surface area contributed by atoms with Crippen molar-refractivity contribution in [1.82, 2.24) is 0 Å². The van der Waals surface area contributed by atoms with E-state index < -0.39 is 15.1 Å². The summed E-state index contributed by atoms with van der Waals surface area (Å²) in [5, 5.41) is 7.55. The van der Waals surface area contributed by atoms with E-state index in [1.54, 1.807) is 18.2 Å². The van der Waals surface area contributed by atoms with Crippen LogP contribution in [0.4, 0.5) is 0 Å². The van der Waals surface area contributed by atoms with Gasteiger partial charge in [-0.15, -0.1) is 0 Å². The van der Waals surface area contributed by atoms with Crippen LogP contribution in [0.1, 0.15) is 6.92 Å². The molecule has 0 heterocycles. The molecule has 5 heteroatoms. The van der Waals surface area contributed by atoms with Crippen LogP contribution in [0.15, 0.2) is 29.2 Å². The van der Waals surface area contributed by atoms with Crippen LogP contribution in [0.2, 0.25) is 0 Å². The van der Waals surface area contributed by atoms with Crippen LogP contribution in [-0.4, -0.2) is 20.8 Å². The number of hydrogen-bond donors (Lipinski definition) is 0. The smallest absolute Gasteiger partial charge is 0.194 e. The fraction of sp³-hybridized carbons (Fsp3) is 0.300. The highest BCUT2D eigenvalue weighted by Crippen LogP contribution is 2.20. The van der Waals surface area contributed by atoms with E-state index in [0.717, 1.165) is 0 Å². The van der Waals surface area contributed by atoms with Crippen molar-refractivity contribution in [3.8, 4) is 11.8 Å².